The summed E-state index contributed by atoms with van der Waals surface area (Å²) in [4.78, 5) is 22.6. The fourth-order valence-electron chi connectivity index (χ4n) is 1.31. The Hall–Kier alpha value is -1.75. The number of ether oxygens (including phenoxy) is 1. The third-order valence-electron chi connectivity index (χ3n) is 2.16. The molecule has 0 heterocycles. The first-order valence-corrected chi connectivity index (χ1v) is 5.88. The number of esters is 1. The lowest BCUT2D eigenvalue weighted by atomic mass is 10.2. The summed E-state index contributed by atoms with van der Waals surface area (Å²) in [6.07, 6.45) is 0. The summed E-state index contributed by atoms with van der Waals surface area (Å²) in [5, 5.41) is 5.42. The Balaban J connectivity index is 2.52. The van der Waals surface area contributed by atoms with Crippen molar-refractivity contribution in [2.45, 2.75) is 13.8 Å². The number of hydrogen-bond donors (Lipinski definition) is 2. The van der Waals surface area contributed by atoms with Gasteiger partial charge >= 0.3 is 12.0 Å². The number of nitrogens with one attached hydrogen (secondary N) is 2. The van der Waals surface area contributed by atoms with Crippen LogP contribution in [0.15, 0.2) is 18.2 Å². The van der Waals surface area contributed by atoms with Crippen LogP contribution in [0.4, 0.5) is 10.5 Å². The Morgan fingerprint density at radius 3 is 2.72 bits per heavy atom. The molecule has 0 atom stereocenters. The minimum Gasteiger partial charge on any atom is -0.465 e. The molecule has 0 aliphatic carbocycles. The van der Waals surface area contributed by atoms with Crippen LogP contribution in [0.1, 0.15) is 12.5 Å². The highest BCUT2D eigenvalue weighted by molar-refractivity contribution is 6.33. The van der Waals surface area contributed by atoms with Gasteiger partial charge in [-0.25, -0.2) is 4.79 Å². The van der Waals surface area contributed by atoms with E-state index in [-0.39, 0.29) is 13.2 Å². The van der Waals surface area contributed by atoms with Crippen molar-refractivity contribution in [1.29, 1.82) is 0 Å². The summed E-state index contributed by atoms with van der Waals surface area (Å²) in [5.74, 6) is -0.483. The maximum absolute atomic E-state index is 11.5. The average Bonchev–Trinajstić information content (AvgIpc) is 2.32. The average molecular weight is 271 g/mol. The Kier molecular flexibility index (Phi) is 5.45. The second-order valence-corrected chi connectivity index (χ2v) is 3.95. The Morgan fingerprint density at radius 1 is 1.39 bits per heavy atom. The van der Waals surface area contributed by atoms with Crippen LogP contribution in [0, 0.1) is 6.92 Å². The minimum absolute atomic E-state index is 0.177. The lowest BCUT2D eigenvalue weighted by molar-refractivity contribution is -0.141. The predicted molar refractivity (Wildman–Crippen MR) is 69.8 cm³/mol. The van der Waals surface area contributed by atoms with E-state index in [1.54, 1.807) is 19.1 Å². The molecular formula is C12H15ClN2O3. The number of benzene rings is 1. The molecule has 0 saturated heterocycles. The first-order valence-electron chi connectivity index (χ1n) is 5.50. The standard InChI is InChI=1S/C12H15ClN2O3/c1-3-18-10(16)7-14-12(17)15-11-8(2)5-4-6-9(11)13/h4-6H,3,7H2,1-2H3,(H2,14,15,17). The van der Waals surface area contributed by atoms with Crippen LogP contribution < -0.4 is 10.6 Å². The van der Waals surface area contributed by atoms with Gasteiger partial charge in [-0.05, 0) is 25.5 Å². The number of aryl methyl sites for hydroxylation is 1. The molecule has 0 saturated carbocycles. The predicted octanol–water partition coefficient (Wildman–Crippen LogP) is 2.33. The number of carbonyl (C=O) groups is 2. The van der Waals surface area contributed by atoms with Crippen molar-refractivity contribution in [3.63, 3.8) is 0 Å². The highest BCUT2D eigenvalue weighted by Gasteiger charge is 2.09. The molecule has 18 heavy (non-hydrogen) atoms. The Morgan fingerprint density at radius 2 is 2.11 bits per heavy atom. The molecule has 6 heteroatoms. The summed E-state index contributed by atoms with van der Waals surface area (Å²) >= 11 is 5.95. The number of para-hydroxylation sites is 1. The monoisotopic (exact) mass is 270 g/mol. The molecule has 1 rings (SSSR count). The van der Waals surface area contributed by atoms with E-state index in [4.69, 9.17) is 11.6 Å². The highest BCUT2D eigenvalue weighted by atomic mass is 35.5. The topological polar surface area (TPSA) is 67.4 Å². The van der Waals surface area contributed by atoms with Crippen LogP contribution in [-0.4, -0.2) is 25.2 Å². The van der Waals surface area contributed by atoms with Gasteiger partial charge < -0.3 is 15.4 Å². The van der Waals surface area contributed by atoms with Crippen LogP contribution in [-0.2, 0) is 9.53 Å². The van der Waals surface area contributed by atoms with Crippen LogP contribution in [0.3, 0.4) is 0 Å². The van der Waals surface area contributed by atoms with E-state index in [1.807, 2.05) is 13.0 Å². The van der Waals surface area contributed by atoms with Crippen molar-refractivity contribution in [1.82, 2.24) is 5.32 Å². The summed E-state index contributed by atoms with van der Waals surface area (Å²) in [6.45, 7) is 3.63. The van der Waals surface area contributed by atoms with Crippen LogP contribution in [0.25, 0.3) is 0 Å². The molecular weight excluding hydrogens is 256 g/mol. The quantitative estimate of drug-likeness (QED) is 0.825. The number of anilines is 1. The van der Waals surface area contributed by atoms with E-state index in [0.717, 1.165) is 5.56 Å². The molecule has 0 aromatic heterocycles. The van der Waals surface area contributed by atoms with Crippen LogP contribution in [0.5, 0.6) is 0 Å². The zero-order valence-electron chi connectivity index (χ0n) is 10.2. The van der Waals surface area contributed by atoms with E-state index in [9.17, 15) is 9.59 Å². The van der Waals surface area contributed by atoms with Gasteiger partial charge in [0.1, 0.15) is 6.54 Å². The number of carbonyl (C=O) groups excluding carboxylic acids is 2. The molecule has 2 amide bonds. The fraction of sp³-hybridized carbons (Fsp3) is 0.333. The summed E-state index contributed by atoms with van der Waals surface area (Å²) in [5.41, 5.74) is 1.37. The van der Waals surface area contributed by atoms with Gasteiger partial charge in [-0.2, -0.15) is 0 Å². The lowest BCUT2D eigenvalue weighted by Gasteiger charge is -2.10. The van der Waals surface area contributed by atoms with Gasteiger partial charge in [0.05, 0.1) is 17.3 Å². The van der Waals surface area contributed by atoms with E-state index in [2.05, 4.69) is 15.4 Å². The molecule has 0 aliphatic heterocycles. The number of hydrogen-bond acceptors (Lipinski definition) is 3. The molecule has 0 spiro atoms. The lowest BCUT2D eigenvalue weighted by Crippen LogP contribution is -2.34. The Labute approximate surface area is 110 Å². The largest absolute Gasteiger partial charge is 0.465 e. The molecule has 2 N–H and O–H groups in total. The number of urea groups is 1. The molecule has 0 aliphatic rings. The van der Waals surface area contributed by atoms with E-state index < -0.39 is 12.0 Å². The third-order valence-corrected chi connectivity index (χ3v) is 2.47. The van der Waals surface area contributed by atoms with Gasteiger partial charge in [0.15, 0.2) is 0 Å². The highest BCUT2D eigenvalue weighted by Crippen LogP contribution is 2.24. The zero-order valence-corrected chi connectivity index (χ0v) is 11.0. The molecule has 98 valence electrons. The van der Waals surface area contributed by atoms with Gasteiger partial charge in [0.2, 0.25) is 0 Å². The van der Waals surface area contributed by atoms with Crippen molar-refractivity contribution < 1.29 is 14.3 Å². The molecule has 1 aromatic carbocycles. The SMILES string of the molecule is CCOC(=O)CNC(=O)Nc1c(C)cccc1Cl. The van der Waals surface area contributed by atoms with Crippen LogP contribution in [0.2, 0.25) is 5.02 Å². The van der Waals surface area contributed by atoms with Crippen LogP contribution >= 0.6 is 11.6 Å². The maximum Gasteiger partial charge on any atom is 0.325 e. The normalized spacial score (nSPS) is 9.72. The summed E-state index contributed by atoms with van der Waals surface area (Å²) in [7, 11) is 0. The van der Waals surface area contributed by atoms with E-state index in [1.165, 1.54) is 0 Å². The minimum atomic E-state index is -0.501. The fourth-order valence-corrected chi connectivity index (χ4v) is 1.58. The molecule has 5 nitrogen and oxygen atoms in total. The van der Waals surface area contributed by atoms with Gasteiger partial charge in [0.25, 0.3) is 0 Å². The molecule has 0 unspecified atom stereocenters. The number of halogens is 1. The maximum atomic E-state index is 11.5. The molecule has 1 aromatic rings. The first kappa shape index (κ1) is 14.3. The zero-order chi connectivity index (χ0) is 13.5. The second kappa shape index (κ2) is 6.86. The van der Waals surface area contributed by atoms with Crippen molar-refractivity contribution in [2.75, 3.05) is 18.5 Å². The molecule has 0 radical (unpaired) electrons. The third kappa shape index (κ3) is 4.25. The van der Waals surface area contributed by atoms with E-state index >= 15 is 0 Å². The first-order chi connectivity index (χ1) is 8.54. The number of rotatable bonds is 4. The van der Waals surface area contributed by atoms with Crippen molar-refractivity contribution >= 4 is 29.3 Å². The van der Waals surface area contributed by atoms with Crippen molar-refractivity contribution in [2.24, 2.45) is 0 Å². The van der Waals surface area contributed by atoms with Gasteiger partial charge in [0, 0.05) is 0 Å². The summed E-state index contributed by atoms with van der Waals surface area (Å²) < 4.78 is 4.68. The van der Waals surface area contributed by atoms with Gasteiger partial charge in [-0.3, -0.25) is 4.79 Å². The smallest absolute Gasteiger partial charge is 0.325 e. The summed E-state index contributed by atoms with van der Waals surface area (Å²) in [6, 6.07) is 4.79. The van der Waals surface area contributed by atoms with E-state index in [0.29, 0.717) is 10.7 Å². The van der Waals surface area contributed by atoms with Gasteiger partial charge in [-0.15, -0.1) is 0 Å². The molecule has 0 bridgehead atoms. The molecule has 0 fully saturated rings. The Bertz CT molecular complexity index is 429. The van der Waals surface area contributed by atoms with Crippen molar-refractivity contribution in [3.05, 3.63) is 28.8 Å². The van der Waals surface area contributed by atoms with Gasteiger partial charge in [-0.1, -0.05) is 23.7 Å². The number of amides is 2. The second-order valence-electron chi connectivity index (χ2n) is 3.54. The van der Waals surface area contributed by atoms with Crippen molar-refractivity contribution in [3.8, 4) is 0 Å².